The van der Waals surface area contributed by atoms with Crippen molar-refractivity contribution < 1.29 is 4.74 Å². The molecule has 4 aromatic heterocycles. The summed E-state index contributed by atoms with van der Waals surface area (Å²) in [6.07, 6.45) is 27.1. The molecule has 7 fully saturated rings. The molecule has 106 heavy (non-hydrogen) atoms. The maximum absolute atomic E-state index is 11.0. The van der Waals surface area contributed by atoms with Crippen LogP contribution in [0.2, 0.25) is 0 Å². The van der Waals surface area contributed by atoms with Crippen LogP contribution in [0.5, 0.6) is 0 Å². The quantitative estimate of drug-likeness (QED) is 0.150. The maximum Gasteiger partial charge on any atom is 0.250 e. The summed E-state index contributed by atoms with van der Waals surface area (Å²) in [6.45, 7) is 101. The van der Waals surface area contributed by atoms with Crippen LogP contribution in [0.25, 0.3) is 0 Å². The van der Waals surface area contributed by atoms with Crippen molar-refractivity contribution in [1.29, 1.82) is 0 Å². The number of piperidine rings is 2. The van der Waals surface area contributed by atoms with Gasteiger partial charge in [0.05, 0.1) is 13.1 Å². The highest BCUT2D eigenvalue weighted by atomic mass is 16.5. The third-order valence-corrected chi connectivity index (χ3v) is 16.9. The first kappa shape index (κ1) is 120. The summed E-state index contributed by atoms with van der Waals surface area (Å²) in [7, 11) is 2.19. The fourth-order valence-electron chi connectivity index (χ4n) is 10.5. The van der Waals surface area contributed by atoms with Gasteiger partial charge in [-0.25, -0.2) is 9.97 Å². The van der Waals surface area contributed by atoms with Gasteiger partial charge < -0.3 is 33.5 Å². The summed E-state index contributed by atoms with van der Waals surface area (Å²) in [6, 6.07) is 14.3. The largest absolute Gasteiger partial charge is 0.366 e. The maximum atomic E-state index is 11.0. The molecule has 6 saturated heterocycles. The summed E-state index contributed by atoms with van der Waals surface area (Å²) < 4.78 is 12.7. The van der Waals surface area contributed by atoms with E-state index in [0.717, 1.165) is 55.5 Å². The smallest absolute Gasteiger partial charge is 0.250 e. The highest BCUT2D eigenvalue weighted by Gasteiger charge is 2.47. The van der Waals surface area contributed by atoms with E-state index in [4.69, 9.17) is 4.74 Å². The average molecular weight is 1510 g/mol. The van der Waals surface area contributed by atoms with Crippen LogP contribution >= 0.6 is 0 Å². The molecule has 0 amide bonds. The first-order valence-corrected chi connectivity index (χ1v) is 44.0. The van der Waals surface area contributed by atoms with E-state index in [9.17, 15) is 4.79 Å². The van der Waals surface area contributed by atoms with Crippen LogP contribution in [0, 0.1) is 5.92 Å². The molecule has 11 rings (SSSR count). The lowest BCUT2D eigenvalue weighted by molar-refractivity contribution is -0.0285. The Kier molecular flexibility index (Phi) is 98.6. The summed E-state index contributed by atoms with van der Waals surface area (Å²) in [5.74, 6) is 1.10. The molecule has 2 atom stereocenters. The number of likely N-dealkylation sites (N-methyl/N-ethyl adjacent to an activating group) is 1. The lowest BCUT2D eigenvalue weighted by Gasteiger charge is -2.34. The number of aromatic nitrogens is 8. The van der Waals surface area contributed by atoms with Gasteiger partial charge in [-0.05, 0) is 261 Å². The Bertz CT molecular complexity index is 2070. The number of fused-ring (bicyclic) bond motifs is 1. The monoisotopic (exact) mass is 1500 g/mol. The Morgan fingerprint density at radius 3 is 1.01 bits per heavy atom. The number of hydrogen-bond acceptors (Lipinski definition) is 13. The zero-order valence-electron chi connectivity index (χ0n) is 79.1. The summed E-state index contributed by atoms with van der Waals surface area (Å²) in [5.41, 5.74) is 0.0671. The van der Waals surface area contributed by atoms with Gasteiger partial charge in [-0.15, -0.1) is 0 Å². The normalized spacial score (nSPS) is 16.8. The second-order valence-electron chi connectivity index (χ2n) is 27.1. The number of imidazole rings is 1. The molecule has 0 N–H and O–H groups in total. The number of piperazine rings is 1. The highest BCUT2D eigenvalue weighted by Crippen LogP contribution is 2.45. The number of ether oxygens (including phenoxy) is 1. The van der Waals surface area contributed by atoms with Gasteiger partial charge in [0.2, 0.25) is 0 Å². The third-order valence-electron chi connectivity index (χ3n) is 16.9. The van der Waals surface area contributed by atoms with Crippen LogP contribution in [0.1, 0.15) is 359 Å². The number of pyridine rings is 1. The second-order valence-corrected chi connectivity index (χ2v) is 27.1. The Morgan fingerprint density at radius 2 is 0.792 bits per heavy atom. The molecule has 10 heterocycles. The molecule has 636 valence electrons. The van der Waals surface area contributed by atoms with Gasteiger partial charge in [-0.1, -0.05) is 151 Å². The van der Waals surface area contributed by atoms with Gasteiger partial charge in [0.15, 0.2) is 0 Å². The minimum Gasteiger partial charge on any atom is -0.366 e. The lowest BCUT2D eigenvalue weighted by Crippen LogP contribution is -2.47. The van der Waals surface area contributed by atoms with Crippen LogP contribution < -0.4 is 5.56 Å². The Labute approximate surface area is 665 Å². The number of nitrogens with zero attached hydrogens (tertiary/aromatic N) is 15. The number of rotatable bonds is 10. The van der Waals surface area contributed by atoms with Crippen molar-refractivity contribution in [3.05, 3.63) is 84.6 Å². The van der Waals surface area contributed by atoms with Gasteiger partial charge in [0.1, 0.15) is 12.7 Å². The first-order valence-electron chi connectivity index (χ1n) is 44.0. The Balaban J connectivity index is -0.000000137. The van der Waals surface area contributed by atoms with Crippen molar-refractivity contribution in [3.8, 4) is 0 Å². The molecule has 6 aliphatic heterocycles. The lowest BCUT2D eigenvalue weighted by atomic mass is 10.1. The molecule has 0 spiro atoms. The van der Waals surface area contributed by atoms with Crippen LogP contribution in [0.3, 0.4) is 0 Å². The van der Waals surface area contributed by atoms with Gasteiger partial charge in [-0.2, -0.15) is 10.2 Å². The van der Waals surface area contributed by atoms with Crippen LogP contribution in [-0.2, 0) is 4.74 Å². The van der Waals surface area contributed by atoms with E-state index in [1.54, 1.807) is 52.6 Å². The van der Waals surface area contributed by atoms with E-state index in [-0.39, 0.29) is 11.6 Å². The fraction of sp³-hybridized carbons (Fsp3) is 0.854. The van der Waals surface area contributed by atoms with Crippen LogP contribution in [0.15, 0.2) is 79.0 Å². The molecular formula is C89H193N15O2. The minimum atomic E-state index is 0.0671. The van der Waals surface area contributed by atoms with E-state index in [2.05, 4.69) is 191 Å². The van der Waals surface area contributed by atoms with Gasteiger partial charge >= 0.3 is 0 Å². The van der Waals surface area contributed by atoms with Crippen molar-refractivity contribution in [2.75, 3.05) is 98.9 Å². The zero-order chi connectivity index (χ0) is 84.1. The van der Waals surface area contributed by atoms with Crippen molar-refractivity contribution >= 4 is 0 Å². The van der Waals surface area contributed by atoms with Crippen molar-refractivity contribution in [1.82, 2.24) is 73.0 Å². The second kappa shape index (κ2) is 86.8. The van der Waals surface area contributed by atoms with Gasteiger partial charge in [-0.3, -0.25) is 28.9 Å². The fourth-order valence-corrected chi connectivity index (χ4v) is 10.5. The van der Waals surface area contributed by atoms with E-state index >= 15 is 0 Å². The van der Waals surface area contributed by atoms with Gasteiger partial charge in [0, 0.05) is 143 Å². The predicted octanol–water partition coefficient (Wildman–Crippen LogP) is 23.2. The van der Waals surface area contributed by atoms with E-state index in [1.807, 2.05) is 188 Å². The molecule has 17 heteroatoms. The molecule has 17 nitrogen and oxygen atoms in total. The van der Waals surface area contributed by atoms with Gasteiger partial charge in [0.25, 0.3) is 5.56 Å². The molecule has 0 radical (unpaired) electrons. The molecule has 4 aromatic rings. The van der Waals surface area contributed by atoms with E-state index in [0.29, 0.717) is 24.2 Å². The highest BCUT2D eigenvalue weighted by molar-refractivity contribution is 5.02. The summed E-state index contributed by atoms with van der Waals surface area (Å²) in [4.78, 5) is 36.2. The zero-order valence-corrected chi connectivity index (χ0v) is 79.1. The number of hydrogen-bond donors (Lipinski definition) is 0. The topological polar surface area (TPSA) is 120 Å². The molecule has 2 unspecified atom stereocenters. The molecule has 7 aliphatic rings. The summed E-state index contributed by atoms with van der Waals surface area (Å²) in [5, 5.41) is 7.95. The van der Waals surface area contributed by atoms with Crippen LogP contribution in [0.4, 0.5) is 0 Å². The van der Waals surface area contributed by atoms with E-state index < -0.39 is 0 Å². The first-order chi connectivity index (χ1) is 50.8. The van der Waals surface area contributed by atoms with E-state index in [1.165, 1.54) is 136 Å². The van der Waals surface area contributed by atoms with Crippen LogP contribution in [-0.4, -0.2) is 214 Å². The summed E-state index contributed by atoms with van der Waals surface area (Å²) >= 11 is 0. The minimum absolute atomic E-state index is 0.0671. The third kappa shape index (κ3) is 66.0. The average Bonchev–Trinajstić information content (AvgIpc) is 1.62. The van der Waals surface area contributed by atoms with Crippen molar-refractivity contribution in [2.24, 2.45) is 5.92 Å². The number of likely N-dealkylation sites (tertiary alicyclic amines) is 4. The standard InChI is InChI=1S/C8H18N2.C8H11NO.C8H15N.C8H17N.C7H15NO.C7H15N.2C6H10N2.C6H13N.C5H9N3.10C2H6/c1-8(2)10-6-4-9(3)5-7-10;1-7(2)9-6-4-3-5-8(9)10;1-6(2)9-4-3-7-5-8(7)9;1-8(2)9-6-4-3-5-7-9;1-7(2)8-4-3-5-9-6-8;1-7(2)8-5-3-4-6-8;1-6(2)8-4-3-7-5-8;1-6(2)8-5-3-4-7-8;1-6(2)7-4-3-5-7;1-5(2)8-4-6-3-7-8;10*1-2/h8H,4-7H2,1-3H3;3-7H,1-2H3;6-8H,3-5H2,1-2H3;8H,3-7H2,1-2H3;7H,3-6H2,1-2H3;7H,3-6H2,1-2H3;2*3-6H,1-2H3;6H,3-5H2,1-2H3;3-5H,1-2H3;10*1-2H3. The van der Waals surface area contributed by atoms with Crippen molar-refractivity contribution in [2.45, 2.75) is 401 Å². The molecular weight excluding hydrogens is 1310 g/mol. The van der Waals surface area contributed by atoms with Crippen molar-refractivity contribution in [3.63, 3.8) is 0 Å². The molecule has 0 aromatic carbocycles. The molecule has 1 saturated carbocycles. The predicted molar refractivity (Wildman–Crippen MR) is 478 cm³/mol. The molecule has 1 aliphatic carbocycles. The Morgan fingerprint density at radius 1 is 0.368 bits per heavy atom. The Hall–Kier alpha value is -3.81. The SMILES string of the molecule is CC.CC.CC.CC.CC.CC.CC.CC.CC.CC.CC(C)N1CCC1.CC(C)N1CCC2CC21.CC(C)N1CCCC1.CC(C)N1CCCCC1.CC(C)N1CCCOC1.CC(C)N1CCN(C)CC1.CC(C)n1ccccc1=O.CC(C)n1cccn1.CC(C)n1ccnc1.CC(C)n1cncn1. The molecule has 0 bridgehead atoms.